The summed E-state index contributed by atoms with van der Waals surface area (Å²) < 4.78 is 5.42. The Morgan fingerprint density at radius 2 is 1.61 bits per heavy atom. The smallest absolute Gasteiger partial charge is 0.321 e. The molecular weight excluding hydrogens is 288 g/mol. The number of ether oxygens (including phenoxy) is 1. The van der Waals surface area contributed by atoms with Gasteiger partial charge in [0.05, 0.1) is 13.2 Å². The Kier molecular flexibility index (Phi) is 3.75. The first-order valence-corrected chi connectivity index (χ1v) is 8.12. The van der Waals surface area contributed by atoms with E-state index in [0.29, 0.717) is 13.2 Å². The lowest BCUT2D eigenvalue weighted by Crippen LogP contribution is -2.36. The number of hydrogen-bond acceptors (Lipinski definition) is 2. The number of nitrogens with one attached hydrogen (secondary N) is 1. The van der Waals surface area contributed by atoms with Crippen LogP contribution in [-0.4, -0.2) is 24.0 Å². The van der Waals surface area contributed by atoms with Gasteiger partial charge in [0.25, 0.3) is 0 Å². The molecule has 2 aromatic carbocycles. The Balaban J connectivity index is 1.44. The second-order valence-corrected chi connectivity index (χ2v) is 6.16. The van der Waals surface area contributed by atoms with E-state index in [-0.39, 0.29) is 6.03 Å². The number of nitrogens with zero attached hydrogens (tertiary/aromatic N) is 1. The molecule has 4 rings (SSSR count). The zero-order valence-electron chi connectivity index (χ0n) is 13.0. The Morgan fingerprint density at radius 1 is 0.913 bits per heavy atom. The van der Waals surface area contributed by atoms with Crippen molar-refractivity contribution < 1.29 is 9.53 Å². The minimum atomic E-state index is -0.0170. The summed E-state index contributed by atoms with van der Waals surface area (Å²) in [6.45, 7) is 2.83. The molecule has 23 heavy (non-hydrogen) atoms. The molecule has 0 unspecified atom stereocenters. The van der Waals surface area contributed by atoms with E-state index < -0.39 is 0 Å². The molecule has 1 N–H and O–H groups in total. The summed E-state index contributed by atoms with van der Waals surface area (Å²) in [7, 11) is 0. The average molecular weight is 308 g/mol. The summed E-state index contributed by atoms with van der Waals surface area (Å²) in [6, 6.07) is 14.5. The number of urea groups is 1. The molecule has 0 bridgehead atoms. The van der Waals surface area contributed by atoms with Gasteiger partial charge in [0.15, 0.2) is 0 Å². The van der Waals surface area contributed by atoms with Crippen molar-refractivity contribution in [2.24, 2.45) is 0 Å². The van der Waals surface area contributed by atoms with Crippen molar-refractivity contribution in [3.63, 3.8) is 0 Å². The van der Waals surface area contributed by atoms with Crippen molar-refractivity contribution in [2.45, 2.75) is 26.1 Å². The third kappa shape index (κ3) is 2.94. The number of amides is 2. The van der Waals surface area contributed by atoms with Crippen LogP contribution in [0.1, 0.15) is 22.3 Å². The molecule has 0 aromatic heterocycles. The summed E-state index contributed by atoms with van der Waals surface area (Å²) in [5, 5.41) is 3.03. The third-order valence-corrected chi connectivity index (χ3v) is 4.68. The number of benzene rings is 2. The zero-order valence-corrected chi connectivity index (χ0v) is 13.0. The highest BCUT2D eigenvalue weighted by molar-refractivity contribution is 5.89. The van der Waals surface area contributed by atoms with E-state index in [4.69, 9.17) is 4.74 Å². The first-order chi connectivity index (χ1) is 11.3. The largest absolute Gasteiger partial charge is 0.372 e. The van der Waals surface area contributed by atoms with Crippen LogP contribution in [0, 0.1) is 0 Å². The summed E-state index contributed by atoms with van der Waals surface area (Å²) in [6.07, 6.45) is 1.84. The quantitative estimate of drug-likeness (QED) is 0.878. The molecule has 0 spiro atoms. The number of hydrogen-bond donors (Lipinski definition) is 1. The fraction of sp³-hybridized carbons (Fsp3) is 0.316. The molecule has 0 saturated carbocycles. The molecule has 4 nitrogen and oxygen atoms in total. The van der Waals surface area contributed by atoms with Gasteiger partial charge in [-0.1, -0.05) is 30.3 Å². The molecule has 2 aliphatic rings. The lowest BCUT2D eigenvalue weighted by Gasteiger charge is -2.21. The van der Waals surface area contributed by atoms with Crippen molar-refractivity contribution in [1.82, 2.24) is 4.90 Å². The minimum Gasteiger partial charge on any atom is -0.372 e. The van der Waals surface area contributed by atoms with Gasteiger partial charge >= 0.3 is 6.03 Å². The fourth-order valence-electron chi connectivity index (χ4n) is 3.32. The van der Waals surface area contributed by atoms with Gasteiger partial charge in [-0.05, 0) is 47.2 Å². The van der Waals surface area contributed by atoms with Gasteiger partial charge in [-0.15, -0.1) is 0 Å². The predicted octanol–water partition coefficient (Wildman–Crippen LogP) is 3.35. The number of anilines is 1. The molecule has 4 heteroatoms. The molecule has 0 aliphatic carbocycles. The van der Waals surface area contributed by atoms with E-state index in [9.17, 15) is 4.79 Å². The third-order valence-electron chi connectivity index (χ3n) is 4.68. The first kappa shape index (κ1) is 14.3. The van der Waals surface area contributed by atoms with Crippen LogP contribution in [0.15, 0.2) is 42.5 Å². The van der Waals surface area contributed by atoms with Crippen LogP contribution in [0.25, 0.3) is 0 Å². The van der Waals surface area contributed by atoms with Crippen molar-refractivity contribution in [1.29, 1.82) is 0 Å². The molecule has 0 fully saturated rings. The Labute approximate surface area is 136 Å². The van der Waals surface area contributed by atoms with Crippen molar-refractivity contribution in [3.05, 3.63) is 64.7 Å². The number of fused-ring (bicyclic) bond motifs is 2. The predicted molar refractivity (Wildman–Crippen MR) is 89.4 cm³/mol. The van der Waals surface area contributed by atoms with Crippen LogP contribution < -0.4 is 5.32 Å². The van der Waals surface area contributed by atoms with E-state index in [2.05, 4.69) is 29.6 Å². The normalized spacial score (nSPS) is 16.4. The fourth-order valence-corrected chi connectivity index (χ4v) is 3.32. The maximum absolute atomic E-state index is 12.6. The maximum Gasteiger partial charge on any atom is 0.321 e. The maximum atomic E-state index is 12.6. The topological polar surface area (TPSA) is 41.6 Å². The summed E-state index contributed by atoms with van der Waals surface area (Å²) in [4.78, 5) is 14.5. The monoisotopic (exact) mass is 308 g/mol. The highest BCUT2D eigenvalue weighted by atomic mass is 16.5. The molecule has 2 heterocycles. The van der Waals surface area contributed by atoms with E-state index in [1.54, 1.807) is 0 Å². The van der Waals surface area contributed by atoms with Crippen molar-refractivity contribution in [2.75, 3.05) is 18.4 Å². The summed E-state index contributed by atoms with van der Waals surface area (Å²) in [5.74, 6) is 0. The summed E-state index contributed by atoms with van der Waals surface area (Å²) in [5.41, 5.74) is 5.95. The molecule has 2 aliphatic heterocycles. The van der Waals surface area contributed by atoms with Gasteiger partial charge in [0, 0.05) is 18.8 Å². The summed E-state index contributed by atoms with van der Waals surface area (Å²) >= 11 is 0. The number of carbonyl (C=O) groups is 1. The molecule has 0 atom stereocenters. The molecule has 118 valence electrons. The van der Waals surface area contributed by atoms with Gasteiger partial charge in [0.2, 0.25) is 0 Å². The van der Waals surface area contributed by atoms with E-state index >= 15 is 0 Å². The number of rotatable bonds is 1. The van der Waals surface area contributed by atoms with E-state index in [1.165, 1.54) is 22.3 Å². The second-order valence-electron chi connectivity index (χ2n) is 6.16. The van der Waals surface area contributed by atoms with Crippen LogP contribution in [0.3, 0.4) is 0 Å². The Morgan fingerprint density at radius 3 is 2.35 bits per heavy atom. The highest BCUT2D eigenvalue weighted by Crippen LogP contribution is 2.23. The van der Waals surface area contributed by atoms with E-state index in [0.717, 1.165) is 31.6 Å². The van der Waals surface area contributed by atoms with Crippen LogP contribution in [0.2, 0.25) is 0 Å². The van der Waals surface area contributed by atoms with Crippen LogP contribution >= 0.6 is 0 Å². The zero-order chi connectivity index (χ0) is 15.6. The highest BCUT2D eigenvalue weighted by Gasteiger charge is 2.19. The van der Waals surface area contributed by atoms with Crippen LogP contribution in [0.4, 0.5) is 10.5 Å². The molecule has 2 aromatic rings. The lowest BCUT2D eigenvalue weighted by atomic mass is 10.0. The minimum absolute atomic E-state index is 0.0170. The van der Waals surface area contributed by atoms with Crippen molar-refractivity contribution >= 4 is 11.7 Å². The molecule has 2 amide bonds. The van der Waals surface area contributed by atoms with Gasteiger partial charge in [-0.25, -0.2) is 4.79 Å². The van der Waals surface area contributed by atoms with Gasteiger partial charge in [-0.3, -0.25) is 0 Å². The lowest BCUT2D eigenvalue weighted by molar-refractivity contribution is 0.134. The van der Waals surface area contributed by atoms with Crippen molar-refractivity contribution in [3.8, 4) is 0 Å². The second kappa shape index (κ2) is 6.05. The Bertz CT molecular complexity index is 715. The van der Waals surface area contributed by atoms with Crippen LogP contribution in [-0.2, 0) is 30.8 Å². The SMILES string of the molecule is O=C(Nc1ccc2c(c1)COC2)N1CCc2ccccc2CC1. The first-order valence-electron chi connectivity index (χ1n) is 8.12. The van der Waals surface area contributed by atoms with E-state index in [1.807, 2.05) is 23.1 Å². The molecular formula is C19H20N2O2. The van der Waals surface area contributed by atoms with Gasteiger partial charge in [-0.2, -0.15) is 0 Å². The van der Waals surface area contributed by atoms with Gasteiger partial charge < -0.3 is 15.0 Å². The van der Waals surface area contributed by atoms with Gasteiger partial charge in [0.1, 0.15) is 0 Å². The van der Waals surface area contributed by atoms with Crippen LogP contribution in [0.5, 0.6) is 0 Å². The number of carbonyl (C=O) groups excluding carboxylic acids is 1. The standard InChI is InChI=1S/C19H20N2O2/c22-19(20-18-6-5-16-12-23-13-17(16)11-18)21-9-7-14-3-1-2-4-15(14)8-10-21/h1-6,11H,7-10,12-13H2,(H,20,22). The average Bonchev–Trinajstić information content (AvgIpc) is 2.92. The molecule has 0 saturated heterocycles. The Hall–Kier alpha value is -2.33. The molecule has 0 radical (unpaired) electrons.